The molecule has 0 amide bonds. The van der Waals surface area contributed by atoms with Gasteiger partial charge in [-0.3, -0.25) is 0 Å². The van der Waals surface area contributed by atoms with Gasteiger partial charge in [-0.15, -0.1) is 0 Å². The van der Waals surface area contributed by atoms with Crippen LogP contribution in [0.3, 0.4) is 0 Å². The van der Waals surface area contributed by atoms with E-state index in [2.05, 4.69) is 27.3 Å². The Bertz CT molecular complexity index is 289. The first kappa shape index (κ1) is 16.5. The van der Waals surface area contributed by atoms with Crippen LogP contribution in [0.4, 0.5) is 0 Å². The van der Waals surface area contributed by atoms with Crippen molar-refractivity contribution in [1.82, 2.24) is 0 Å². The van der Waals surface area contributed by atoms with Crippen LogP contribution >= 0.6 is 0 Å². The molecule has 1 aliphatic carbocycles. The van der Waals surface area contributed by atoms with Gasteiger partial charge in [0.05, 0.1) is 12.2 Å². The Balaban J connectivity index is 1.84. The van der Waals surface area contributed by atoms with Crippen molar-refractivity contribution >= 4 is 8.56 Å². The van der Waals surface area contributed by atoms with Crippen molar-refractivity contribution in [2.75, 3.05) is 13.2 Å². The molecule has 0 bridgehead atoms. The minimum absolute atomic E-state index is 0.581. The van der Waals surface area contributed by atoms with Gasteiger partial charge in [0.2, 0.25) is 0 Å². The van der Waals surface area contributed by atoms with E-state index < -0.39 is 8.56 Å². The third-order valence-electron chi connectivity index (χ3n) is 4.77. The zero-order valence-corrected chi connectivity index (χ0v) is 14.7. The molecule has 2 rings (SSSR count). The van der Waals surface area contributed by atoms with Crippen LogP contribution in [0.25, 0.3) is 0 Å². The topological polar surface area (TPSA) is 31.0 Å². The van der Waals surface area contributed by atoms with Gasteiger partial charge in [-0.25, -0.2) is 0 Å². The predicted molar refractivity (Wildman–Crippen MR) is 84.1 cm³/mol. The molecule has 0 N–H and O–H groups in total. The van der Waals surface area contributed by atoms with E-state index in [4.69, 9.17) is 13.6 Å². The molecule has 1 saturated heterocycles. The first-order valence-corrected chi connectivity index (χ1v) is 11.0. The monoisotopic (exact) mass is 300 g/mol. The Morgan fingerprint density at radius 3 is 2.30 bits per heavy atom. The Morgan fingerprint density at radius 2 is 1.75 bits per heavy atom. The lowest BCUT2D eigenvalue weighted by atomic mass is 9.82. The van der Waals surface area contributed by atoms with Gasteiger partial charge in [-0.1, -0.05) is 20.8 Å². The van der Waals surface area contributed by atoms with Gasteiger partial charge >= 0.3 is 8.56 Å². The van der Waals surface area contributed by atoms with E-state index in [0.717, 1.165) is 38.0 Å². The molecule has 2 fully saturated rings. The molecule has 0 spiro atoms. The Kier molecular flexibility index (Phi) is 6.08. The minimum Gasteiger partial charge on any atom is -0.394 e. The summed E-state index contributed by atoms with van der Waals surface area (Å²) in [5, 5.41) is 0. The second-order valence-corrected chi connectivity index (χ2v) is 10.1. The summed E-state index contributed by atoms with van der Waals surface area (Å²) >= 11 is 0. The average Bonchev–Trinajstić information content (AvgIpc) is 3.21. The fraction of sp³-hybridized carbons (Fsp3) is 1.00. The predicted octanol–water partition coefficient (Wildman–Crippen LogP) is 4.12. The molecule has 4 unspecified atom stereocenters. The van der Waals surface area contributed by atoms with Crippen molar-refractivity contribution in [2.45, 2.75) is 77.7 Å². The van der Waals surface area contributed by atoms with E-state index >= 15 is 0 Å². The minimum atomic E-state index is -1.99. The number of ether oxygens (including phenoxy) is 1. The van der Waals surface area contributed by atoms with E-state index in [1.807, 2.05) is 0 Å². The molecule has 0 aromatic carbocycles. The summed E-state index contributed by atoms with van der Waals surface area (Å²) in [6.07, 6.45) is 7.20. The van der Waals surface area contributed by atoms with Crippen molar-refractivity contribution in [2.24, 2.45) is 11.8 Å². The van der Waals surface area contributed by atoms with Crippen molar-refractivity contribution < 1.29 is 13.6 Å². The van der Waals surface area contributed by atoms with E-state index in [1.165, 1.54) is 19.3 Å². The van der Waals surface area contributed by atoms with Crippen LogP contribution < -0.4 is 0 Å². The highest BCUT2D eigenvalue weighted by atomic mass is 28.4. The lowest BCUT2D eigenvalue weighted by Crippen LogP contribution is -2.42. The molecule has 3 nitrogen and oxygen atoms in total. The Labute approximate surface area is 125 Å². The molecular formula is C16H32O3Si. The summed E-state index contributed by atoms with van der Waals surface area (Å²) in [4.78, 5) is 0. The number of hydrogen-bond acceptors (Lipinski definition) is 3. The van der Waals surface area contributed by atoms with Crippen LogP contribution in [0.1, 0.15) is 52.9 Å². The van der Waals surface area contributed by atoms with Gasteiger partial charge < -0.3 is 13.6 Å². The standard InChI is InChI=1S/C16H32O3Si/c1-5-9-17-20(4,18-10-6-2)12-13(3)14-7-8-15-16(11-14)19-15/h13-16H,5-12H2,1-4H3. The SMILES string of the molecule is CCCO[Si](C)(CC(C)C1CCC2OC2C1)OCCC. The first-order valence-electron chi connectivity index (χ1n) is 8.51. The van der Waals surface area contributed by atoms with Crippen molar-refractivity contribution in [3.8, 4) is 0 Å². The molecular weight excluding hydrogens is 268 g/mol. The highest BCUT2D eigenvalue weighted by molar-refractivity contribution is 6.66. The van der Waals surface area contributed by atoms with Crippen molar-refractivity contribution in [1.29, 1.82) is 0 Å². The van der Waals surface area contributed by atoms with Gasteiger partial charge in [0.1, 0.15) is 0 Å². The fourth-order valence-corrected chi connectivity index (χ4v) is 6.59. The van der Waals surface area contributed by atoms with Gasteiger partial charge in [-0.05, 0) is 56.5 Å². The van der Waals surface area contributed by atoms with Crippen LogP contribution in [-0.4, -0.2) is 34.0 Å². The van der Waals surface area contributed by atoms with Crippen LogP contribution in [0.2, 0.25) is 12.6 Å². The second-order valence-electron chi connectivity index (χ2n) is 6.80. The molecule has 4 heteroatoms. The lowest BCUT2D eigenvalue weighted by Gasteiger charge is -2.33. The fourth-order valence-electron chi connectivity index (χ4n) is 3.50. The van der Waals surface area contributed by atoms with E-state index in [-0.39, 0.29) is 0 Å². The summed E-state index contributed by atoms with van der Waals surface area (Å²) in [7, 11) is -1.99. The summed E-state index contributed by atoms with van der Waals surface area (Å²) in [5.74, 6) is 1.51. The smallest absolute Gasteiger partial charge is 0.335 e. The van der Waals surface area contributed by atoms with Gasteiger partial charge in [0.25, 0.3) is 0 Å². The number of rotatable bonds is 9. The van der Waals surface area contributed by atoms with E-state index in [9.17, 15) is 0 Å². The van der Waals surface area contributed by atoms with E-state index in [1.54, 1.807) is 0 Å². The zero-order chi connectivity index (χ0) is 14.6. The summed E-state index contributed by atoms with van der Waals surface area (Å²) in [6.45, 7) is 10.7. The lowest BCUT2D eigenvalue weighted by molar-refractivity contribution is 0.161. The third kappa shape index (κ3) is 4.55. The molecule has 2 aliphatic rings. The zero-order valence-electron chi connectivity index (χ0n) is 13.7. The number of fused-ring (bicyclic) bond motifs is 1. The maximum atomic E-state index is 6.16. The Hall–Kier alpha value is 0.0969. The van der Waals surface area contributed by atoms with Crippen molar-refractivity contribution in [3.05, 3.63) is 0 Å². The summed E-state index contributed by atoms with van der Waals surface area (Å²) in [5.41, 5.74) is 0. The quantitative estimate of drug-likeness (QED) is 0.474. The van der Waals surface area contributed by atoms with Gasteiger partial charge in [0, 0.05) is 13.2 Å². The maximum absolute atomic E-state index is 6.16. The van der Waals surface area contributed by atoms with Crippen LogP contribution in [0, 0.1) is 11.8 Å². The maximum Gasteiger partial charge on any atom is 0.335 e. The molecule has 0 radical (unpaired) electrons. The molecule has 1 heterocycles. The highest BCUT2D eigenvalue weighted by Crippen LogP contribution is 2.43. The van der Waals surface area contributed by atoms with Crippen molar-refractivity contribution in [3.63, 3.8) is 0 Å². The second kappa shape index (κ2) is 7.39. The van der Waals surface area contributed by atoms with Crippen LogP contribution in [-0.2, 0) is 13.6 Å². The molecule has 0 aromatic rings. The molecule has 1 aliphatic heterocycles. The largest absolute Gasteiger partial charge is 0.394 e. The third-order valence-corrected chi connectivity index (χ3v) is 7.78. The summed E-state index contributed by atoms with van der Waals surface area (Å²) < 4.78 is 18.0. The summed E-state index contributed by atoms with van der Waals surface area (Å²) in [6, 6.07) is 1.13. The molecule has 118 valence electrons. The number of epoxide rings is 1. The molecule has 1 saturated carbocycles. The van der Waals surface area contributed by atoms with Gasteiger partial charge in [-0.2, -0.15) is 0 Å². The van der Waals surface area contributed by atoms with Crippen LogP contribution in [0.5, 0.6) is 0 Å². The van der Waals surface area contributed by atoms with E-state index in [0.29, 0.717) is 18.1 Å². The first-order chi connectivity index (χ1) is 9.58. The van der Waals surface area contributed by atoms with Crippen LogP contribution in [0.15, 0.2) is 0 Å². The molecule has 0 aromatic heterocycles. The molecule has 20 heavy (non-hydrogen) atoms. The van der Waals surface area contributed by atoms with Gasteiger partial charge in [0.15, 0.2) is 0 Å². The normalized spacial score (nSPS) is 30.9. The Morgan fingerprint density at radius 1 is 1.10 bits per heavy atom. The molecule has 4 atom stereocenters. The highest BCUT2D eigenvalue weighted by Gasteiger charge is 2.46. The number of hydrogen-bond donors (Lipinski definition) is 0. The average molecular weight is 301 g/mol.